The third-order valence-electron chi connectivity index (χ3n) is 5.19. The number of carboxylic acid groups (broad SMARTS) is 1. The first-order chi connectivity index (χ1) is 16.3. The predicted octanol–water partition coefficient (Wildman–Crippen LogP) is 5.74. The number of hydrogen-bond acceptors (Lipinski definition) is 5. The normalized spacial score (nSPS) is 12.7. The van der Waals surface area contributed by atoms with Crippen molar-refractivity contribution in [2.24, 2.45) is 5.41 Å². The Morgan fingerprint density at radius 3 is 2.20 bits per heavy atom. The predicted molar refractivity (Wildman–Crippen MR) is 126 cm³/mol. The first-order valence-electron chi connectivity index (χ1n) is 10.7. The highest BCUT2D eigenvalue weighted by molar-refractivity contribution is 7.91. The minimum Gasteiger partial charge on any atom is -0.497 e. The highest BCUT2D eigenvalue weighted by atomic mass is 32.2. The Bertz CT molecular complexity index is 1330. The molecule has 0 aliphatic heterocycles. The van der Waals surface area contributed by atoms with Crippen molar-refractivity contribution in [3.05, 3.63) is 72.3 Å². The van der Waals surface area contributed by atoms with Crippen LogP contribution in [-0.2, 0) is 14.6 Å². The summed E-state index contributed by atoms with van der Waals surface area (Å²) >= 11 is 0. The Hall–Kier alpha value is -3.46. The Morgan fingerprint density at radius 1 is 1.00 bits per heavy atom. The van der Waals surface area contributed by atoms with Crippen molar-refractivity contribution in [3.63, 3.8) is 0 Å². The highest BCUT2D eigenvalue weighted by Crippen LogP contribution is 2.35. The van der Waals surface area contributed by atoms with E-state index in [-0.39, 0.29) is 33.6 Å². The SMILES string of the molecule is COc1ccc(S(=O)(=O)c2ccc(-c3cc(F)ccc3O[C@@H](CC(C)(C)C)C(=O)O)cc2F)cc1. The van der Waals surface area contributed by atoms with Gasteiger partial charge in [-0.3, -0.25) is 0 Å². The summed E-state index contributed by atoms with van der Waals surface area (Å²) in [6.07, 6.45) is -1.05. The van der Waals surface area contributed by atoms with Crippen molar-refractivity contribution in [2.75, 3.05) is 7.11 Å². The molecule has 1 N–H and O–H groups in total. The van der Waals surface area contributed by atoms with Gasteiger partial charge in [-0.2, -0.15) is 0 Å². The zero-order valence-corrected chi connectivity index (χ0v) is 20.5. The molecule has 0 unspecified atom stereocenters. The molecule has 0 saturated carbocycles. The smallest absolute Gasteiger partial charge is 0.344 e. The molecule has 1 atom stereocenters. The molecule has 0 amide bonds. The average molecular weight is 505 g/mol. The van der Waals surface area contributed by atoms with Gasteiger partial charge >= 0.3 is 5.97 Å². The number of rotatable bonds is 8. The molecule has 0 bridgehead atoms. The van der Waals surface area contributed by atoms with Gasteiger partial charge in [0, 0.05) is 12.0 Å². The van der Waals surface area contributed by atoms with Crippen LogP contribution in [0.5, 0.6) is 11.5 Å². The van der Waals surface area contributed by atoms with E-state index in [0.29, 0.717) is 5.75 Å². The standard InChI is InChI=1S/C26H26F2O6S/c1-26(2,3)15-23(25(29)30)34-22-11-6-17(27)14-20(22)16-5-12-24(21(28)13-16)35(31,32)19-9-7-18(33-4)8-10-19/h5-14,23H,15H2,1-4H3,(H,29,30)/t23-/m0/s1. The van der Waals surface area contributed by atoms with Crippen molar-refractivity contribution in [3.8, 4) is 22.6 Å². The number of halogens is 2. The lowest BCUT2D eigenvalue weighted by Crippen LogP contribution is -2.31. The Kier molecular flexibility index (Phi) is 7.50. The van der Waals surface area contributed by atoms with Gasteiger partial charge in [0.25, 0.3) is 0 Å². The lowest BCUT2D eigenvalue weighted by atomic mass is 9.89. The van der Waals surface area contributed by atoms with E-state index in [4.69, 9.17) is 9.47 Å². The van der Waals surface area contributed by atoms with Crippen LogP contribution in [0.2, 0.25) is 0 Å². The highest BCUT2D eigenvalue weighted by Gasteiger charge is 2.28. The number of carboxylic acids is 1. The molecule has 186 valence electrons. The van der Waals surface area contributed by atoms with E-state index in [1.807, 2.05) is 20.8 Å². The van der Waals surface area contributed by atoms with E-state index in [2.05, 4.69) is 0 Å². The molecule has 0 fully saturated rings. The fraction of sp³-hybridized carbons (Fsp3) is 0.269. The Morgan fingerprint density at radius 2 is 1.66 bits per heavy atom. The minimum absolute atomic E-state index is 0.0354. The van der Waals surface area contributed by atoms with E-state index in [1.54, 1.807) is 0 Å². The van der Waals surface area contributed by atoms with Gasteiger partial charge in [0.05, 0.1) is 12.0 Å². The average Bonchev–Trinajstić information content (AvgIpc) is 2.78. The van der Waals surface area contributed by atoms with Crippen LogP contribution in [0.1, 0.15) is 27.2 Å². The Balaban J connectivity index is 2.01. The molecule has 6 nitrogen and oxygen atoms in total. The molecular weight excluding hydrogens is 478 g/mol. The third-order valence-corrected chi connectivity index (χ3v) is 6.99. The maximum absolute atomic E-state index is 15.1. The molecule has 0 heterocycles. The van der Waals surface area contributed by atoms with Crippen molar-refractivity contribution in [2.45, 2.75) is 43.1 Å². The number of benzene rings is 3. The maximum atomic E-state index is 15.1. The van der Waals surface area contributed by atoms with Gasteiger partial charge in [0.2, 0.25) is 9.84 Å². The molecule has 0 radical (unpaired) electrons. The fourth-order valence-corrected chi connectivity index (χ4v) is 4.80. The number of sulfone groups is 1. The summed E-state index contributed by atoms with van der Waals surface area (Å²) in [6.45, 7) is 5.57. The number of ether oxygens (including phenoxy) is 2. The molecule has 0 saturated heterocycles. The fourth-order valence-electron chi connectivity index (χ4n) is 3.49. The van der Waals surface area contributed by atoms with E-state index in [1.165, 1.54) is 43.5 Å². The number of hydrogen-bond donors (Lipinski definition) is 1. The quantitative estimate of drug-likeness (QED) is 0.421. The molecule has 35 heavy (non-hydrogen) atoms. The molecule has 3 rings (SSSR count). The van der Waals surface area contributed by atoms with Crippen molar-refractivity contribution < 1.29 is 36.6 Å². The van der Waals surface area contributed by atoms with Crippen LogP contribution < -0.4 is 9.47 Å². The van der Waals surface area contributed by atoms with Gasteiger partial charge in [-0.05, 0) is 65.6 Å². The molecule has 0 aromatic heterocycles. The number of carbonyl (C=O) groups is 1. The summed E-state index contributed by atoms with van der Waals surface area (Å²) in [4.78, 5) is 11.1. The van der Waals surface area contributed by atoms with Crippen molar-refractivity contribution in [1.82, 2.24) is 0 Å². The molecule has 9 heteroatoms. The van der Waals surface area contributed by atoms with E-state index >= 15 is 4.39 Å². The minimum atomic E-state index is -4.18. The number of methoxy groups -OCH3 is 1. The lowest BCUT2D eigenvalue weighted by molar-refractivity contribution is -0.146. The van der Waals surface area contributed by atoms with Gasteiger partial charge in [0.1, 0.15) is 28.0 Å². The van der Waals surface area contributed by atoms with Crippen LogP contribution in [0.15, 0.2) is 70.5 Å². The molecular formula is C26H26F2O6S. The Labute approximate surface area is 203 Å². The van der Waals surface area contributed by atoms with Crippen LogP contribution in [0.25, 0.3) is 11.1 Å². The summed E-state index contributed by atoms with van der Waals surface area (Å²) in [5, 5.41) is 9.59. The van der Waals surface area contributed by atoms with Crippen LogP contribution in [-0.4, -0.2) is 32.7 Å². The maximum Gasteiger partial charge on any atom is 0.344 e. The van der Waals surface area contributed by atoms with Crippen LogP contribution in [0, 0.1) is 17.0 Å². The molecule has 3 aromatic rings. The second kappa shape index (κ2) is 10.0. The zero-order valence-electron chi connectivity index (χ0n) is 19.7. The summed E-state index contributed by atoms with van der Waals surface area (Å²) in [6, 6.07) is 12.3. The second-order valence-electron chi connectivity index (χ2n) is 9.17. The van der Waals surface area contributed by atoms with Crippen molar-refractivity contribution in [1.29, 1.82) is 0 Å². The number of aliphatic carboxylic acids is 1. The van der Waals surface area contributed by atoms with E-state index < -0.39 is 38.4 Å². The second-order valence-corrected chi connectivity index (χ2v) is 11.1. The molecule has 0 spiro atoms. The van der Waals surface area contributed by atoms with E-state index in [0.717, 1.165) is 24.3 Å². The van der Waals surface area contributed by atoms with Gasteiger partial charge in [-0.1, -0.05) is 26.8 Å². The van der Waals surface area contributed by atoms with E-state index in [9.17, 15) is 22.7 Å². The largest absolute Gasteiger partial charge is 0.497 e. The molecule has 0 aliphatic carbocycles. The lowest BCUT2D eigenvalue weighted by Gasteiger charge is -2.25. The first-order valence-corrected chi connectivity index (χ1v) is 12.2. The molecule has 3 aromatic carbocycles. The summed E-state index contributed by atoms with van der Waals surface area (Å²) < 4.78 is 65.8. The van der Waals surface area contributed by atoms with Gasteiger partial charge in [0.15, 0.2) is 6.10 Å². The monoisotopic (exact) mass is 504 g/mol. The van der Waals surface area contributed by atoms with Crippen LogP contribution in [0.3, 0.4) is 0 Å². The molecule has 0 aliphatic rings. The van der Waals surface area contributed by atoms with Crippen LogP contribution in [0.4, 0.5) is 8.78 Å². The van der Waals surface area contributed by atoms with Crippen LogP contribution >= 0.6 is 0 Å². The van der Waals surface area contributed by atoms with Gasteiger partial charge in [-0.15, -0.1) is 0 Å². The summed E-state index contributed by atoms with van der Waals surface area (Å²) in [5.74, 6) is -2.40. The van der Waals surface area contributed by atoms with Crippen molar-refractivity contribution >= 4 is 15.8 Å². The first kappa shape index (κ1) is 26.2. The third kappa shape index (κ3) is 6.16. The van der Waals surface area contributed by atoms with Gasteiger partial charge < -0.3 is 14.6 Å². The summed E-state index contributed by atoms with van der Waals surface area (Å²) in [5.41, 5.74) is -0.143. The van der Waals surface area contributed by atoms with Gasteiger partial charge in [-0.25, -0.2) is 22.0 Å². The zero-order chi connectivity index (χ0) is 26.0. The topological polar surface area (TPSA) is 89.9 Å². The summed E-state index contributed by atoms with van der Waals surface area (Å²) in [7, 11) is -2.74.